The average molecular weight is 457 g/mol. The fourth-order valence-corrected chi connectivity index (χ4v) is 4.97. The maximum absolute atomic E-state index is 12.8. The largest absolute Gasteiger partial charge is 0.494 e. The first-order valence-electron chi connectivity index (χ1n) is 8.60. The Morgan fingerprint density at radius 2 is 1.82 bits per heavy atom. The number of rotatable bonds is 3. The van der Waals surface area contributed by atoms with Crippen LogP contribution in [0.25, 0.3) is 10.2 Å². The molecule has 1 saturated heterocycles. The Balaban J connectivity index is 1.50. The molecule has 0 atom stereocenters. The molecule has 0 saturated carbocycles. The minimum atomic E-state index is -0.0877. The zero-order valence-corrected chi connectivity index (χ0v) is 18.0. The molecule has 1 fully saturated rings. The summed E-state index contributed by atoms with van der Waals surface area (Å²) in [6.45, 7) is 2.52. The number of thiazole rings is 1. The Morgan fingerprint density at radius 3 is 2.50 bits per heavy atom. The summed E-state index contributed by atoms with van der Waals surface area (Å²) < 4.78 is 6.30. The molecule has 2 heterocycles. The Morgan fingerprint density at radius 1 is 1.07 bits per heavy atom. The van der Waals surface area contributed by atoms with Crippen LogP contribution in [0.4, 0.5) is 5.13 Å². The van der Waals surface area contributed by atoms with Gasteiger partial charge in [-0.1, -0.05) is 46.1 Å². The van der Waals surface area contributed by atoms with Gasteiger partial charge in [0.25, 0.3) is 5.91 Å². The minimum absolute atomic E-state index is 0.0877. The van der Waals surface area contributed by atoms with Gasteiger partial charge in [0.1, 0.15) is 11.3 Å². The Bertz CT molecular complexity index is 1050. The maximum atomic E-state index is 12.8. The van der Waals surface area contributed by atoms with Gasteiger partial charge in [-0.25, -0.2) is 4.98 Å². The number of carbonyl (C=O) groups is 1. The van der Waals surface area contributed by atoms with Gasteiger partial charge in [-0.2, -0.15) is 0 Å². The monoisotopic (exact) mass is 455 g/mol. The molecular formula is C19H16Cl3N3O2S. The molecule has 5 nitrogen and oxygen atoms in total. The number of hydrogen-bond donors (Lipinski definition) is 0. The van der Waals surface area contributed by atoms with E-state index in [1.165, 1.54) is 11.3 Å². The summed E-state index contributed by atoms with van der Waals surface area (Å²) in [5.74, 6) is 0.614. The van der Waals surface area contributed by atoms with Gasteiger partial charge in [0, 0.05) is 31.2 Å². The topological polar surface area (TPSA) is 45.7 Å². The van der Waals surface area contributed by atoms with Crippen LogP contribution >= 0.6 is 46.1 Å². The van der Waals surface area contributed by atoms with Crippen LogP contribution in [0, 0.1) is 0 Å². The SMILES string of the molecule is COc1ccc(Cl)c2sc(N3CCN(C(=O)c4ccc(Cl)cc4Cl)CC3)nc12. The molecule has 0 radical (unpaired) electrons. The van der Waals surface area contributed by atoms with E-state index in [4.69, 9.17) is 44.5 Å². The van der Waals surface area contributed by atoms with E-state index >= 15 is 0 Å². The minimum Gasteiger partial charge on any atom is -0.494 e. The molecule has 28 heavy (non-hydrogen) atoms. The molecule has 0 bridgehead atoms. The second-order valence-electron chi connectivity index (χ2n) is 6.33. The van der Waals surface area contributed by atoms with Crippen molar-refractivity contribution in [1.29, 1.82) is 0 Å². The number of piperazine rings is 1. The predicted octanol–water partition coefficient (Wildman–Crippen LogP) is 5.23. The van der Waals surface area contributed by atoms with E-state index in [2.05, 4.69) is 4.90 Å². The summed E-state index contributed by atoms with van der Waals surface area (Å²) in [5.41, 5.74) is 1.23. The van der Waals surface area contributed by atoms with Crippen LogP contribution in [-0.4, -0.2) is 49.1 Å². The van der Waals surface area contributed by atoms with E-state index in [1.54, 1.807) is 30.2 Å². The van der Waals surface area contributed by atoms with Crippen molar-refractivity contribution < 1.29 is 9.53 Å². The van der Waals surface area contributed by atoms with E-state index < -0.39 is 0 Å². The van der Waals surface area contributed by atoms with Gasteiger partial charge in [-0.3, -0.25) is 4.79 Å². The number of amides is 1. The lowest BCUT2D eigenvalue weighted by molar-refractivity contribution is 0.0747. The zero-order chi connectivity index (χ0) is 19.8. The summed E-state index contributed by atoms with van der Waals surface area (Å²) in [6, 6.07) is 8.57. The van der Waals surface area contributed by atoms with Crippen molar-refractivity contribution >= 4 is 67.4 Å². The molecule has 1 aliphatic heterocycles. The summed E-state index contributed by atoms with van der Waals surface area (Å²) in [7, 11) is 1.62. The van der Waals surface area contributed by atoms with Gasteiger partial charge in [0.2, 0.25) is 0 Å². The summed E-state index contributed by atoms with van der Waals surface area (Å²) >= 11 is 20.0. The molecule has 3 aromatic rings. The number of hydrogen-bond acceptors (Lipinski definition) is 5. The van der Waals surface area contributed by atoms with Gasteiger partial charge in [-0.05, 0) is 30.3 Å². The van der Waals surface area contributed by atoms with Crippen molar-refractivity contribution in [2.45, 2.75) is 0 Å². The smallest absolute Gasteiger partial charge is 0.255 e. The second-order valence-corrected chi connectivity index (χ2v) is 8.56. The molecule has 0 spiro atoms. The lowest BCUT2D eigenvalue weighted by Crippen LogP contribution is -2.48. The fraction of sp³-hybridized carbons (Fsp3) is 0.263. The molecule has 146 valence electrons. The number of carbonyl (C=O) groups excluding carboxylic acids is 1. The van der Waals surface area contributed by atoms with Gasteiger partial charge in [0.05, 0.1) is 27.4 Å². The highest BCUT2D eigenvalue weighted by Crippen LogP contribution is 2.39. The molecule has 0 aliphatic carbocycles. The molecule has 4 rings (SSSR count). The Labute approximate surface area is 181 Å². The number of ether oxygens (including phenoxy) is 1. The standard InChI is InChI=1S/C19H16Cl3N3O2S/c1-27-15-5-4-13(21)17-16(15)23-19(28-17)25-8-6-24(7-9-25)18(26)12-3-2-11(20)10-14(12)22/h2-5,10H,6-9H2,1H3. The lowest BCUT2D eigenvalue weighted by atomic mass is 10.2. The van der Waals surface area contributed by atoms with Gasteiger partial charge < -0.3 is 14.5 Å². The highest BCUT2D eigenvalue weighted by atomic mass is 35.5. The van der Waals surface area contributed by atoms with Crippen molar-refractivity contribution in [2.24, 2.45) is 0 Å². The van der Waals surface area contributed by atoms with E-state index in [9.17, 15) is 4.79 Å². The summed E-state index contributed by atoms with van der Waals surface area (Å²) in [6.07, 6.45) is 0. The third-order valence-corrected chi connectivity index (χ3v) is 6.79. The molecule has 1 amide bonds. The van der Waals surface area contributed by atoms with Crippen LogP contribution in [0.1, 0.15) is 10.4 Å². The van der Waals surface area contributed by atoms with Crippen LogP contribution in [0.5, 0.6) is 5.75 Å². The van der Waals surface area contributed by atoms with Crippen molar-refractivity contribution in [1.82, 2.24) is 9.88 Å². The number of anilines is 1. The van der Waals surface area contributed by atoms with E-state index in [0.717, 1.165) is 15.3 Å². The van der Waals surface area contributed by atoms with Crippen molar-refractivity contribution in [2.75, 3.05) is 38.2 Å². The molecular weight excluding hydrogens is 441 g/mol. The van der Waals surface area contributed by atoms with Gasteiger partial charge in [-0.15, -0.1) is 0 Å². The second kappa shape index (κ2) is 7.95. The number of methoxy groups -OCH3 is 1. The normalized spacial score (nSPS) is 14.6. The quantitative estimate of drug-likeness (QED) is 0.541. The first kappa shape index (κ1) is 19.6. The number of benzene rings is 2. The Hall–Kier alpha value is -1.73. The number of aromatic nitrogens is 1. The average Bonchev–Trinajstić information content (AvgIpc) is 3.14. The van der Waals surface area contributed by atoms with Crippen LogP contribution in [0.3, 0.4) is 0 Å². The summed E-state index contributed by atoms with van der Waals surface area (Å²) in [5, 5.41) is 2.41. The number of halogens is 3. The fourth-order valence-electron chi connectivity index (χ4n) is 3.18. The first-order chi connectivity index (χ1) is 13.5. The number of nitrogens with zero attached hydrogens (tertiary/aromatic N) is 3. The summed E-state index contributed by atoms with van der Waals surface area (Å²) in [4.78, 5) is 21.5. The van der Waals surface area contributed by atoms with Gasteiger partial charge in [0.15, 0.2) is 5.13 Å². The molecule has 9 heteroatoms. The van der Waals surface area contributed by atoms with Crippen molar-refractivity contribution in [3.8, 4) is 5.75 Å². The van der Waals surface area contributed by atoms with Gasteiger partial charge >= 0.3 is 0 Å². The first-order valence-corrected chi connectivity index (χ1v) is 10.6. The van der Waals surface area contributed by atoms with Crippen LogP contribution < -0.4 is 9.64 Å². The molecule has 0 N–H and O–H groups in total. The third kappa shape index (κ3) is 3.62. The highest BCUT2D eigenvalue weighted by molar-refractivity contribution is 7.22. The van der Waals surface area contributed by atoms with Crippen molar-refractivity contribution in [3.05, 3.63) is 51.0 Å². The third-order valence-electron chi connectivity index (χ3n) is 4.67. The van der Waals surface area contributed by atoms with E-state index in [-0.39, 0.29) is 5.91 Å². The Kier molecular flexibility index (Phi) is 5.56. The van der Waals surface area contributed by atoms with E-state index in [0.29, 0.717) is 52.6 Å². The van der Waals surface area contributed by atoms with Crippen LogP contribution in [0.2, 0.25) is 15.1 Å². The lowest BCUT2D eigenvalue weighted by Gasteiger charge is -2.34. The zero-order valence-electron chi connectivity index (χ0n) is 14.9. The maximum Gasteiger partial charge on any atom is 0.255 e. The van der Waals surface area contributed by atoms with Crippen LogP contribution in [-0.2, 0) is 0 Å². The van der Waals surface area contributed by atoms with Crippen LogP contribution in [0.15, 0.2) is 30.3 Å². The predicted molar refractivity (Wildman–Crippen MR) is 116 cm³/mol. The molecule has 0 unspecified atom stereocenters. The molecule has 1 aromatic heterocycles. The van der Waals surface area contributed by atoms with E-state index in [1.807, 2.05) is 12.1 Å². The molecule has 2 aromatic carbocycles. The number of fused-ring (bicyclic) bond motifs is 1. The molecule has 1 aliphatic rings. The van der Waals surface area contributed by atoms with Crippen molar-refractivity contribution in [3.63, 3.8) is 0 Å². The highest BCUT2D eigenvalue weighted by Gasteiger charge is 2.26.